The molecule has 2 aromatic carbocycles. The molecule has 0 saturated carbocycles. The molecule has 0 radical (unpaired) electrons. The zero-order valence-corrected chi connectivity index (χ0v) is 28.9. The minimum absolute atomic E-state index is 0.0798. The number of fused-ring (bicyclic) bond motifs is 2. The van der Waals surface area contributed by atoms with E-state index in [0.29, 0.717) is 76.5 Å². The van der Waals surface area contributed by atoms with Crippen molar-refractivity contribution in [1.29, 1.82) is 0 Å². The first-order valence-electron chi connectivity index (χ1n) is 17.1. The number of amides is 2. The van der Waals surface area contributed by atoms with Crippen molar-refractivity contribution in [3.05, 3.63) is 79.8 Å². The number of aromatic nitrogens is 1. The van der Waals surface area contributed by atoms with Gasteiger partial charge >= 0.3 is 0 Å². The third kappa shape index (κ3) is 5.95. The Morgan fingerprint density at radius 3 is 2.40 bits per heavy atom. The topological polar surface area (TPSA) is 127 Å². The molecule has 4 heterocycles. The average molecular weight is 657 g/mol. The summed E-state index contributed by atoms with van der Waals surface area (Å²) in [5.74, 6) is -0.427. The van der Waals surface area contributed by atoms with Gasteiger partial charge in [0.1, 0.15) is 0 Å². The van der Waals surface area contributed by atoms with E-state index >= 15 is 0 Å². The van der Waals surface area contributed by atoms with Gasteiger partial charge in [-0.2, -0.15) is 0 Å². The van der Waals surface area contributed by atoms with Crippen LogP contribution >= 0.6 is 0 Å². The van der Waals surface area contributed by atoms with Gasteiger partial charge in [-0.15, -0.1) is 0 Å². The lowest BCUT2D eigenvalue weighted by molar-refractivity contribution is -0.126. The van der Waals surface area contributed by atoms with E-state index in [4.69, 9.17) is 19.9 Å². The molecule has 6 rings (SSSR count). The van der Waals surface area contributed by atoms with E-state index in [2.05, 4.69) is 35.0 Å². The Labute approximate surface area is 282 Å². The van der Waals surface area contributed by atoms with Gasteiger partial charge in [-0.25, -0.2) is 0 Å². The number of methoxy groups -OCH3 is 1. The van der Waals surface area contributed by atoms with E-state index in [-0.39, 0.29) is 17.5 Å². The Kier molecular flexibility index (Phi) is 9.79. The van der Waals surface area contributed by atoms with Crippen LogP contribution in [0, 0.1) is 20.8 Å². The van der Waals surface area contributed by atoms with Crippen LogP contribution in [0.1, 0.15) is 76.5 Å². The fourth-order valence-corrected chi connectivity index (χ4v) is 8.19. The molecule has 3 N–H and O–H groups in total. The molecule has 256 valence electrons. The van der Waals surface area contributed by atoms with Crippen LogP contribution in [0.25, 0.3) is 11.1 Å². The quantitative estimate of drug-likeness (QED) is 0.324. The molecule has 3 aromatic rings. The standard InChI is InChI=1S/C38H48N4O6/c1-6-41(27-9-14-47-15-10-27)34-25(4)29(35(39)43)22-30(31(34)21-28-23(2)19-24(3)40-36(28)44)26-7-8-32-33(20-26)42(13-18-46-5)37(45)38(32)11-16-48-17-12-38/h7-8,19-20,22,27H,6,9-18,21H2,1-5H3,(H2,39,43)(H,40,44). The highest BCUT2D eigenvalue weighted by atomic mass is 16.5. The predicted molar refractivity (Wildman–Crippen MR) is 187 cm³/mol. The monoisotopic (exact) mass is 656 g/mol. The van der Waals surface area contributed by atoms with Crippen molar-refractivity contribution < 1.29 is 23.8 Å². The number of aromatic amines is 1. The van der Waals surface area contributed by atoms with E-state index in [9.17, 15) is 14.4 Å². The maximum Gasteiger partial charge on any atom is 0.251 e. The highest BCUT2D eigenvalue weighted by Gasteiger charge is 2.51. The second-order valence-electron chi connectivity index (χ2n) is 13.4. The number of nitrogens with zero attached hydrogens (tertiary/aromatic N) is 2. The number of pyridine rings is 1. The van der Waals surface area contributed by atoms with Gasteiger partial charge in [-0.05, 0) is 105 Å². The molecule has 3 aliphatic rings. The zero-order valence-electron chi connectivity index (χ0n) is 28.9. The number of nitrogens with one attached hydrogen (secondary N) is 1. The highest BCUT2D eigenvalue weighted by Crippen LogP contribution is 2.50. The van der Waals surface area contributed by atoms with Gasteiger partial charge in [0.2, 0.25) is 11.8 Å². The first kappa shape index (κ1) is 33.9. The van der Waals surface area contributed by atoms with E-state index in [0.717, 1.165) is 63.3 Å². The molecule has 10 nitrogen and oxygen atoms in total. The fraction of sp³-hybridized carbons (Fsp3) is 0.500. The highest BCUT2D eigenvalue weighted by molar-refractivity contribution is 6.09. The van der Waals surface area contributed by atoms with Gasteiger partial charge in [0, 0.05) is 87.3 Å². The maximum atomic E-state index is 14.1. The van der Waals surface area contributed by atoms with E-state index < -0.39 is 11.3 Å². The van der Waals surface area contributed by atoms with Gasteiger partial charge in [0.15, 0.2) is 0 Å². The molecule has 2 fully saturated rings. The predicted octanol–water partition coefficient (Wildman–Crippen LogP) is 4.70. The van der Waals surface area contributed by atoms with Crippen LogP contribution < -0.4 is 21.1 Å². The third-order valence-electron chi connectivity index (χ3n) is 10.7. The molecule has 3 aliphatic heterocycles. The summed E-state index contributed by atoms with van der Waals surface area (Å²) in [4.78, 5) is 48.0. The lowest BCUT2D eigenvalue weighted by Crippen LogP contribution is -2.45. The summed E-state index contributed by atoms with van der Waals surface area (Å²) in [5, 5.41) is 0. The van der Waals surface area contributed by atoms with Gasteiger partial charge < -0.3 is 34.7 Å². The van der Waals surface area contributed by atoms with Crippen molar-refractivity contribution in [3.8, 4) is 11.1 Å². The molecule has 0 atom stereocenters. The van der Waals surface area contributed by atoms with Crippen molar-refractivity contribution in [1.82, 2.24) is 4.98 Å². The number of hydrogen-bond acceptors (Lipinski definition) is 7. The number of ether oxygens (including phenoxy) is 3. The lowest BCUT2D eigenvalue weighted by Gasteiger charge is -2.38. The van der Waals surface area contributed by atoms with Crippen LogP contribution in [-0.4, -0.2) is 76.1 Å². The Balaban J connectivity index is 1.61. The summed E-state index contributed by atoms with van der Waals surface area (Å²) in [6, 6.07) is 10.3. The molecule has 48 heavy (non-hydrogen) atoms. The third-order valence-corrected chi connectivity index (χ3v) is 10.7. The maximum absolute atomic E-state index is 14.1. The van der Waals surface area contributed by atoms with Crippen molar-refractivity contribution in [2.24, 2.45) is 5.73 Å². The van der Waals surface area contributed by atoms with Gasteiger partial charge in [-0.1, -0.05) is 12.1 Å². The number of benzene rings is 2. The molecule has 10 heteroatoms. The average Bonchev–Trinajstić information content (AvgIpc) is 3.29. The molecule has 2 saturated heterocycles. The Morgan fingerprint density at radius 2 is 1.75 bits per heavy atom. The zero-order chi connectivity index (χ0) is 34.2. The van der Waals surface area contributed by atoms with E-state index in [1.165, 1.54) is 0 Å². The van der Waals surface area contributed by atoms with Gasteiger partial charge in [0.25, 0.3) is 5.56 Å². The number of carbonyl (C=O) groups excluding carboxylic acids is 2. The minimum atomic E-state index is -0.631. The first-order chi connectivity index (χ1) is 23.1. The summed E-state index contributed by atoms with van der Waals surface area (Å²) >= 11 is 0. The van der Waals surface area contributed by atoms with E-state index in [1.54, 1.807) is 7.11 Å². The van der Waals surface area contributed by atoms with Crippen molar-refractivity contribution in [2.75, 3.05) is 63.0 Å². The molecule has 0 unspecified atom stereocenters. The molecule has 1 spiro atoms. The summed E-state index contributed by atoms with van der Waals surface area (Å²) in [7, 11) is 1.64. The van der Waals surface area contributed by atoms with Gasteiger partial charge in [-0.3, -0.25) is 14.4 Å². The number of carbonyl (C=O) groups is 2. The van der Waals surface area contributed by atoms with Crippen molar-refractivity contribution >= 4 is 23.2 Å². The number of nitrogens with two attached hydrogens (primary N) is 1. The number of aryl methyl sites for hydroxylation is 2. The Hall–Kier alpha value is -3.99. The van der Waals surface area contributed by atoms with Crippen molar-refractivity contribution in [3.63, 3.8) is 0 Å². The van der Waals surface area contributed by atoms with Crippen LogP contribution in [0.2, 0.25) is 0 Å². The number of H-pyrrole nitrogens is 1. The number of anilines is 2. The van der Waals surface area contributed by atoms with Crippen LogP contribution in [0.4, 0.5) is 11.4 Å². The summed E-state index contributed by atoms with van der Waals surface area (Å²) in [6.45, 7) is 11.9. The lowest BCUT2D eigenvalue weighted by atomic mass is 9.75. The summed E-state index contributed by atoms with van der Waals surface area (Å²) in [6.07, 6.45) is 3.32. The first-order valence-corrected chi connectivity index (χ1v) is 17.1. The summed E-state index contributed by atoms with van der Waals surface area (Å²) < 4.78 is 16.8. The van der Waals surface area contributed by atoms with Crippen LogP contribution in [0.5, 0.6) is 0 Å². The molecule has 1 aromatic heterocycles. The molecule has 0 aliphatic carbocycles. The number of primary amides is 1. The Bertz CT molecular complexity index is 1770. The van der Waals surface area contributed by atoms with Crippen LogP contribution in [-0.2, 0) is 30.8 Å². The van der Waals surface area contributed by atoms with Crippen LogP contribution in [0.15, 0.2) is 35.1 Å². The fourth-order valence-electron chi connectivity index (χ4n) is 8.19. The number of hydrogen-bond donors (Lipinski definition) is 2. The molecule has 0 bridgehead atoms. The SMILES string of the molecule is CCN(c1c(C)c(C(N)=O)cc(-c2ccc3c(c2)N(CCOC)C(=O)C32CCOCC2)c1Cc1c(C)cc(C)[nH]c1=O)C1CCOCC1. The number of rotatable bonds is 10. The second kappa shape index (κ2) is 13.9. The molecular weight excluding hydrogens is 608 g/mol. The molecule has 2 amide bonds. The van der Waals surface area contributed by atoms with Crippen molar-refractivity contribution in [2.45, 2.75) is 71.3 Å². The normalized spacial score (nSPS) is 17.6. The minimum Gasteiger partial charge on any atom is -0.383 e. The summed E-state index contributed by atoms with van der Waals surface area (Å²) in [5.41, 5.74) is 14.4. The Morgan fingerprint density at radius 1 is 1.04 bits per heavy atom. The molecular formula is C38H48N4O6. The second-order valence-corrected chi connectivity index (χ2v) is 13.4. The smallest absolute Gasteiger partial charge is 0.251 e. The van der Waals surface area contributed by atoms with Gasteiger partial charge in [0.05, 0.1) is 12.0 Å². The van der Waals surface area contributed by atoms with Crippen LogP contribution in [0.3, 0.4) is 0 Å². The van der Waals surface area contributed by atoms with E-state index in [1.807, 2.05) is 37.8 Å². The largest absolute Gasteiger partial charge is 0.383 e.